The van der Waals surface area contributed by atoms with Crippen LogP contribution in [0.15, 0.2) is 42.7 Å². The third-order valence-electron chi connectivity index (χ3n) is 7.48. The van der Waals surface area contributed by atoms with E-state index in [1.165, 1.54) is 0 Å². The van der Waals surface area contributed by atoms with Crippen LogP contribution in [0.3, 0.4) is 0 Å². The zero-order valence-electron chi connectivity index (χ0n) is 18.9. The van der Waals surface area contributed by atoms with Gasteiger partial charge in [-0.2, -0.15) is 10.4 Å². The number of nitrogens with zero attached hydrogens (tertiary/aromatic N) is 5. The fraction of sp³-hybridized carbons (Fsp3) is 0.423. The van der Waals surface area contributed by atoms with Crippen LogP contribution < -0.4 is 0 Å². The van der Waals surface area contributed by atoms with Crippen molar-refractivity contribution >= 4 is 5.78 Å². The van der Waals surface area contributed by atoms with Crippen molar-refractivity contribution in [3.05, 3.63) is 65.4 Å². The first-order valence-corrected chi connectivity index (χ1v) is 11.5. The topological polar surface area (TPSA) is 105 Å². The van der Waals surface area contributed by atoms with E-state index in [0.29, 0.717) is 18.8 Å². The van der Waals surface area contributed by atoms with Crippen LogP contribution in [0.4, 0.5) is 0 Å². The van der Waals surface area contributed by atoms with E-state index in [9.17, 15) is 15.2 Å². The second kappa shape index (κ2) is 8.20. The van der Waals surface area contributed by atoms with E-state index in [2.05, 4.69) is 23.3 Å². The Morgan fingerprint density at radius 1 is 1.27 bits per heavy atom. The van der Waals surface area contributed by atoms with Gasteiger partial charge >= 0.3 is 0 Å². The van der Waals surface area contributed by atoms with Crippen molar-refractivity contribution in [2.45, 2.75) is 45.1 Å². The molecule has 0 saturated heterocycles. The van der Waals surface area contributed by atoms with Crippen LogP contribution in [0.2, 0.25) is 0 Å². The zero-order chi connectivity index (χ0) is 23.2. The lowest BCUT2D eigenvalue weighted by Gasteiger charge is -2.51. The Bertz CT molecular complexity index is 1250. The fourth-order valence-electron chi connectivity index (χ4n) is 6.05. The maximum Gasteiger partial charge on any atom is 0.153 e. The minimum Gasteiger partial charge on any atom is -0.394 e. The lowest BCUT2D eigenvalue weighted by molar-refractivity contribution is -0.131. The van der Waals surface area contributed by atoms with Crippen LogP contribution in [0.25, 0.3) is 11.3 Å². The average Bonchev–Trinajstić information content (AvgIpc) is 3.30. The first kappa shape index (κ1) is 21.5. The van der Waals surface area contributed by atoms with Gasteiger partial charge in [0.1, 0.15) is 11.7 Å². The molecule has 1 aromatic carbocycles. The maximum atomic E-state index is 13.0. The number of Topliss-reactive ketones (excluding diaryl/α,β-unsaturated/α-hetero) is 1. The standard InChI is InChI=1S/C26H27N5O2/c1-16-22-9-8-21-23(19-14-28-31(15-19)10-11-32)29-17(2)30-25(21)26(22,12-18(13-27)24(16)33)20-6-4-3-5-7-20/h3-7,14-16,18,22,32H,8-12H2,1-2H3/t16-,18?,22-,26-/m0/s1. The normalized spacial score (nSPS) is 26.4. The number of fused-ring (bicyclic) bond motifs is 3. The Hall–Kier alpha value is -3.37. The number of aryl methyl sites for hydroxylation is 1. The minimum absolute atomic E-state index is 0.0162. The number of ketones is 1. The van der Waals surface area contributed by atoms with Gasteiger partial charge in [0.15, 0.2) is 5.78 Å². The molecule has 7 nitrogen and oxygen atoms in total. The number of nitriles is 1. The fourth-order valence-corrected chi connectivity index (χ4v) is 6.05. The SMILES string of the molecule is Cc1nc(-c2cnn(CCO)c2)c2c(n1)[C@]1(c3ccccc3)CC(C#N)C(=O)[C@@H](C)[C@@H]1CC2. The highest BCUT2D eigenvalue weighted by Crippen LogP contribution is 2.56. The molecule has 7 heteroatoms. The highest BCUT2D eigenvalue weighted by atomic mass is 16.3. The predicted octanol–water partition coefficient (Wildman–Crippen LogP) is 3.24. The van der Waals surface area contributed by atoms with Crippen LogP contribution in [-0.2, 0) is 23.2 Å². The van der Waals surface area contributed by atoms with Crippen LogP contribution in [0.5, 0.6) is 0 Å². The van der Waals surface area contributed by atoms with Gasteiger partial charge in [0, 0.05) is 28.7 Å². The third kappa shape index (κ3) is 3.28. The molecule has 3 aromatic rings. The summed E-state index contributed by atoms with van der Waals surface area (Å²) in [7, 11) is 0. The van der Waals surface area contributed by atoms with Gasteiger partial charge in [-0.15, -0.1) is 0 Å². The van der Waals surface area contributed by atoms with E-state index in [4.69, 9.17) is 9.97 Å². The number of benzene rings is 1. The summed E-state index contributed by atoms with van der Waals surface area (Å²) in [5, 5.41) is 23.5. The van der Waals surface area contributed by atoms with Gasteiger partial charge in [-0.1, -0.05) is 37.3 Å². The molecule has 2 aliphatic carbocycles. The number of rotatable bonds is 4. The highest BCUT2D eigenvalue weighted by molar-refractivity contribution is 5.87. The molecule has 0 aliphatic heterocycles. The summed E-state index contributed by atoms with van der Waals surface area (Å²) >= 11 is 0. The van der Waals surface area contributed by atoms with E-state index in [1.807, 2.05) is 38.2 Å². The van der Waals surface area contributed by atoms with Crippen LogP contribution in [0, 0.1) is 36.0 Å². The highest BCUT2D eigenvalue weighted by Gasteiger charge is 2.56. The Morgan fingerprint density at radius 2 is 2.06 bits per heavy atom. The molecule has 0 bridgehead atoms. The average molecular weight is 442 g/mol. The Morgan fingerprint density at radius 3 is 2.79 bits per heavy atom. The van der Waals surface area contributed by atoms with Gasteiger partial charge in [-0.25, -0.2) is 9.97 Å². The van der Waals surface area contributed by atoms with Gasteiger partial charge in [0.05, 0.1) is 36.8 Å². The van der Waals surface area contributed by atoms with Crippen molar-refractivity contribution in [2.24, 2.45) is 17.8 Å². The Balaban J connectivity index is 1.77. The zero-order valence-corrected chi connectivity index (χ0v) is 18.9. The molecular weight excluding hydrogens is 414 g/mol. The van der Waals surface area contributed by atoms with Crippen molar-refractivity contribution < 1.29 is 9.90 Å². The number of carbonyl (C=O) groups is 1. The molecule has 2 aromatic heterocycles. The molecular formula is C26H27N5O2. The minimum atomic E-state index is -0.659. The molecule has 33 heavy (non-hydrogen) atoms. The number of hydrogen-bond acceptors (Lipinski definition) is 6. The van der Waals surface area contributed by atoms with Gasteiger partial charge < -0.3 is 5.11 Å². The van der Waals surface area contributed by atoms with Crippen molar-refractivity contribution in [1.29, 1.82) is 5.26 Å². The van der Waals surface area contributed by atoms with Gasteiger partial charge in [-0.05, 0) is 37.7 Å². The summed E-state index contributed by atoms with van der Waals surface area (Å²) in [6, 6.07) is 12.5. The number of carbonyl (C=O) groups excluding carboxylic acids is 1. The molecule has 1 saturated carbocycles. The molecule has 0 spiro atoms. The summed E-state index contributed by atoms with van der Waals surface area (Å²) in [4.78, 5) is 22.8. The quantitative estimate of drug-likeness (QED) is 0.666. The Kier molecular flexibility index (Phi) is 5.34. The molecule has 0 amide bonds. The second-order valence-electron chi connectivity index (χ2n) is 9.22. The number of aliphatic hydroxyl groups is 1. The lowest BCUT2D eigenvalue weighted by atomic mass is 9.51. The van der Waals surface area contributed by atoms with Gasteiger partial charge in [0.25, 0.3) is 0 Å². The molecule has 2 aliphatic rings. The lowest BCUT2D eigenvalue weighted by Crippen LogP contribution is -2.53. The largest absolute Gasteiger partial charge is 0.394 e. The molecule has 4 atom stereocenters. The monoisotopic (exact) mass is 441 g/mol. The molecule has 1 N–H and O–H groups in total. The second-order valence-corrected chi connectivity index (χ2v) is 9.22. The summed E-state index contributed by atoms with van der Waals surface area (Å²) in [5.41, 5.74) is 4.35. The maximum absolute atomic E-state index is 13.0. The van der Waals surface area contributed by atoms with E-state index in [1.54, 1.807) is 10.9 Å². The van der Waals surface area contributed by atoms with E-state index in [-0.39, 0.29) is 24.2 Å². The summed E-state index contributed by atoms with van der Waals surface area (Å²) in [6.07, 6.45) is 5.73. The van der Waals surface area contributed by atoms with Crippen molar-refractivity contribution in [2.75, 3.05) is 6.61 Å². The van der Waals surface area contributed by atoms with E-state index in [0.717, 1.165) is 40.9 Å². The van der Waals surface area contributed by atoms with Crippen LogP contribution >= 0.6 is 0 Å². The first-order valence-electron chi connectivity index (χ1n) is 11.5. The summed E-state index contributed by atoms with van der Waals surface area (Å²) in [6.45, 7) is 4.31. The number of aliphatic hydroxyl groups excluding tert-OH is 1. The molecule has 1 unspecified atom stereocenters. The van der Waals surface area contributed by atoms with E-state index < -0.39 is 11.3 Å². The van der Waals surface area contributed by atoms with Crippen molar-refractivity contribution in [1.82, 2.24) is 19.7 Å². The van der Waals surface area contributed by atoms with Gasteiger partial charge in [-0.3, -0.25) is 9.48 Å². The number of hydrogen-bond donors (Lipinski definition) is 1. The van der Waals surface area contributed by atoms with Crippen molar-refractivity contribution in [3.8, 4) is 17.3 Å². The summed E-state index contributed by atoms with van der Waals surface area (Å²) in [5.74, 6) is -0.0959. The van der Waals surface area contributed by atoms with Crippen molar-refractivity contribution in [3.63, 3.8) is 0 Å². The molecule has 168 valence electrons. The molecule has 0 radical (unpaired) electrons. The Labute approximate surface area is 193 Å². The molecule has 5 rings (SSSR count). The van der Waals surface area contributed by atoms with Gasteiger partial charge in [0.2, 0.25) is 0 Å². The first-order chi connectivity index (χ1) is 16.0. The molecule has 1 fully saturated rings. The van der Waals surface area contributed by atoms with Crippen LogP contribution in [-0.4, -0.2) is 37.2 Å². The molecule has 2 heterocycles. The predicted molar refractivity (Wildman–Crippen MR) is 122 cm³/mol. The van der Waals surface area contributed by atoms with E-state index >= 15 is 0 Å². The third-order valence-corrected chi connectivity index (χ3v) is 7.48. The number of aromatic nitrogens is 4. The van der Waals surface area contributed by atoms with Crippen LogP contribution in [0.1, 0.15) is 42.4 Å². The smallest absolute Gasteiger partial charge is 0.153 e. The summed E-state index contributed by atoms with van der Waals surface area (Å²) < 4.78 is 1.71.